The molecular formula is C7H9ClNOPS. The van der Waals surface area contributed by atoms with Crippen LogP contribution in [0.15, 0.2) is 12.3 Å². The van der Waals surface area contributed by atoms with Gasteiger partial charge in [-0.2, -0.15) is 0 Å². The number of aromatic nitrogens is 1. The van der Waals surface area contributed by atoms with Crippen LogP contribution < -0.4 is 5.44 Å². The molecule has 66 valence electrons. The quantitative estimate of drug-likeness (QED) is 0.584. The van der Waals surface area contributed by atoms with Crippen molar-refractivity contribution in [2.24, 2.45) is 0 Å². The smallest absolute Gasteiger partial charge is 0.126 e. The van der Waals surface area contributed by atoms with Crippen molar-refractivity contribution in [1.29, 1.82) is 0 Å². The summed E-state index contributed by atoms with van der Waals surface area (Å²) in [6.07, 6.45) is 1.66. The van der Waals surface area contributed by atoms with E-state index < -0.39 is 7.14 Å². The van der Waals surface area contributed by atoms with E-state index in [1.165, 1.54) is 0 Å². The molecule has 1 rings (SSSR count). The molecule has 1 aromatic heterocycles. The van der Waals surface area contributed by atoms with Gasteiger partial charge in [0.2, 0.25) is 0 Å². The predicted molar refractivity (Wildman–Crippen MR) is 55.7 cm³/mol. The largest absolute Gasteiger partial charge is 0.358 e. The Kier molecular flexibility index (Phi) is 2.77. The van der Waals surface area contributed by atoms with Crippen molar-refractivity contribution < 1.29 is 4.57 Å². The van der Waals surface area contributed by atoms with Gasteiger partial charge in [0.15, 0.2) is 0 Å². The lowest BCUT2D eigenvalue weighted by Gasteiger charge is -2.08. The molecule has 0 amide bonds. The second-order valence-electron chi connectivity index (χ2n) is 2.86. The first-order valence-corrected chi connectivity index (χ1v) is 6.74. The van der Waals surface area contributed by atoms with Crippen LogP contribution in [0.1, 0.15) is 0 Å². The van der Waals surface area contributed by atoms with Gasteiger partial charge < -0.3 is 9.55 Å². The van der Waals surface area contributed by atoms with Gasteiger partial charge in [0, 0.05) is 6.20 Å². The number of rotatable bonds is 1. The molecule has 0 saturated heterocycles. The van der Waals surface area contributed by atoms with Gasteiger partial charge in [0.25, 0.3) is 0 Å². The van der Waals surface area contributed by atoms with Gasteiger partial charge in [-0.15, -0.1) is 0 Å². The van der Waals surface area contributed by atoms with Gasteiger partial charge in [0.1, 0.15) is 7.14 Å². The molecule has 1 heterocycles. The summed E-state index contributed by atoms with van der Waals surface area (Å²) in [6.45, 7) is 3.30. The summed E-state index contributed by atoms with van der Waals surface area (Å²) in [5.74, 6) is 0. The number of H-pyrrole nitrogens is 1. The average molecular weight is 222 g/mol. The van der Waals surface area contributed by atoms with E-state index in [1.807, 2.05) is 0 Å². The fourth-order valence-corrected chi connectivity index (χ4v) is 2.79. The van der Waals surface area contributed by atoms with E-state index in [9.17, 15) is 4.57 Å². The third kappa shape index (κ3) is 1.98. The van der Waals surface area contributed by atoms with E-state index in [2.05, 4.69) is 4.98 Å². The summed E-state index contributed by atoms with van der Waals surface area (Å²) in [6, 6.07) is 1.68. The Labute approximate surface area is 81.3 Å². The minimum Gasteiger partial charge on any atom is -0.358 e. The Bertz CT molecular complexity index is 395. The molecule has 1 aromatic rings. The monoisotopic (exact) mass is 221 g/mol. The van der Waals surface area contributed by atoms with Crippen LogP contribution in [0.3, 0.4) is 0 Å². The summed E-state index contributed by atoms with van der Waals surface area (Å²) in [5.41, 5.74) is 0.552. The number of hydrogen-bond acceptors (Lipinski definition) is 2. The first kappa shape index (κ1) is 9.97. The lowest BCUT2D eigenvalue weighted by Crippen LogP contribution is -2.09. The van der Waals surface area contributed by atoms with Gasteiger partial charge >= 0.3 is 0 Å². The van der Waals surface area contributed by atoms with Crippen molar-refractivity contribution in [3.05, 3.63) is 21.8 Å². The van der Waals surface area contributed by atoms with Crippen molar-refractivity contribution in [2.75, 3.05) is 13.3 Å². The van der Waals surface area contributed by atoms with Crippen molar-refractivity contribution >= 4 is 36.4 Å². The minimum atomic E-state index is -2.34. The van der Waals surface area contributed by atoms with Crippen LogP contribution in [0.25, 0.3) is 0 Å². The highest BCUT2D eigenvalue weighted by atomic mass is 35.5. The molecule has 1 N–H and O–H groups in total. The summed E-state index contributed by atoms with van der Waals surface area (Å²) >= 11 is 10.8. The maximum Gasteiger partial charge on any atom is 0.126 e. The Hall–Kier alpha value is -0.110. The number of nitrogens with one attached hydrogen (secondary N) is 1. The van der Waals surface area contributed by atoms with E-state index in [4.69, 9.17) is 23.8 Å². The van der Waals surface area contributed by atoms with Crippen molar-refractivity contribution in [3.8, 4) is 0 Å². The van der Waals surface area contributed by atoms with Crippen LogP contribution in [0.5, 0.6) is 0 Å². The number of aromatic amines is 1. The van der Waals surface area contributed by atoms with Crippen LogP contribution in [0, 0.1) is 4.51 Å². The SMILES string of the molecule is CP(C)(=O)c1[nH]ccc(=S)c1Cl. The van der Waals surface area contributed by atoms with Crippen molar-refractivity contribution in [1.82, 2.24) is 4.98 Å². The molecular weight excluding hydrogens is 213 g/mol. The van der Waals surface area contributed by atoms with Gasteiger partial charge in [-0.25, -0.2) is 0 Å². The van der Waals surface area contributed by atoms with Crippen LogP contribution in [-0.2, 0) is 4.57 Å². The molecule has 0 radical (unpaired) electrons. The molecule has 0 atom stereocenters. The zero-order chi connectivity index (χ0) is 9.35. The molecule has 0 fully saturated rings. The molecule has 0 bridgehead atoms. The average Bonchev–Trinajstić information content (AvgIpc) is 1.92. The first-order chi connectivity index (χ1) is 5.43. The topological polar surface area (TPSA) is 32.9 Å². The van der Waals surface area contributed by atoms with Gasteiger partial charge in [-0.1, -0.05) is 23.8 Å². The number of halogens is 1. The van der Waals surface area contributed by atoms with Crippen LogP contribution >= 0.6 is 31.0 Å². The second kappa shape index (κ2) is 3.33. The van der Waals surface area contributed by atoms with E-state index >= 15 is 0 Å². The summed E-state index contributed by atoms with van der Waals surface area (Å²) < 4.78 is 12.2. The Balaban J connectivity index is 3.47. The van der Waals surface area contributed by atoms with E-state index in [0.717, 1.165) is 0 Å². The minimum absolute atomic E-state index is 0.404. The fourth-order valence-electron chi connectivity index (χ4n) is 0.841. The van der Waals surface area contributed by atoms with Crippen molar-refractivity contribution in [2.45, 2.75) is 0 Å². The highest BCUT2D eigenvalue weighted by Gasteiger charge is 2.15. The van der Waals surface area contributed by atoms with Gasteiger partial charge in [-0.05, 0) is 19.4 Å². The highest BCUT2D eigenvalue weighted by Crippen LogP contribution is 2.36. The Morgan fingerprint density at radius 2 is 2.17 bits per heavy atom. The number of hydrogen-bond donors (Lipinski definition) is 1. The normalized spacial score (nSPS) is 11.6. The molecule has 0 aliphatic heterocycles. The lowest BCUT2D eigenvalue weighted by molar-refractivity contribution is 0.588. The van der Waals surface area contributed by atoms with Crippen LogP contribution in [-0.4, -0.2) is 18.3 Å². The van der Waals surface area contributed by atoms with Crippen LogP contribution in [0.4, 0.5) is 0 Å². The van der Waals surface area contributed by atoms with Gasteiger partial charge in [0.05, 0.1) is 15.0 Å². The Morgan fingerprint density at radius 1 is 1.58 bits per heavy atom. The highest BCUT2D eigenvalue weighted by molar-refractivity contribution is 7.72. The second-order valence-corrected chi connectivity index (χ2v) is 6.82. The first-order valence-electron chi connectivity index (χ1n) is 3.35. The summed E-state index contributed by atoms with van der Waals surface area (Å²) in [5, 5.41) is 0.404. The third-order valence-electron chi connectivity index (χ3n) is 1.42. The summed E-state index contributed by atoms with van der Waals surface area (Å²) in [4.78, 5) is 2.86. The molecule has 0 spiro atoms. The molecule has 0 aliphatic rings. The molecule has 0 saturated carbocycles. The zero-order valence-electron chi connectivity index (χ0n) is 6.80. The molecule has 0 unspecified atom stereocenters. The van der Waals surface area contributed by atoms with E-state index in [-0.39, 0.29) is 0 Å². The fraction of sp³-hybridized carbons (Fsp3) is 0.286. The number of pyridine rings is 1. The van der Waals surface area contributed by atoms with E-state index in [1.54, 1.807) is 25.6 Å². The Morgan fingerprint density at radius 3 is 2.58 bits per heavy atom. The molecule has 12 heavy (non-hydrogen) atoms. The standard InChI is InChI=1S/C7H9ClNOPS/c1-11(2,10)7-6(8)5(12)3-4-9-7/h3-4H,1-2H3,(H,9,12). The molecule has 2 nitrogen and oxygen atoms in total. The molecule has 0 aliphatic carbocycles. The van der Waals surface area contributed by atoms with Gasteiger partial charge in [-0.3, -0.25) is 0 Å². The summed E-state index contributed by atoms with van der Waals surface area (Å²) in [7, 11) is -2.34. The maximum atomic E-state index is 11.6. The van der Waals surface area contributed by atoms with E-state index in [0.29, 0.717) is 15.0 Å². The molecule has 0 aromatic carbocycles. The van der Waals surface area contributed by atoms with Crippen molar-refractivity contribution in [3.63, 3.8) is 0 Å². The zero-order valence-corrected chi connectivity index (χ0v) is 9.26. The predicted octanol–water partition coefficient (Wildman–Crippen LogP) is 2.65. The van der Waals surface area contributed by atoms with Crippen LogP contribution in [0.2, 0.25) is 5.02 Å². The third-order valence-corrected chi connectivity index (χ3v) is 3.82. The maximum absolute atomic E-state index is 11.6. The molecule has 5 heteroatoms. The lowest BCUT2D eigenvalue weighted by atomic mass is 10.5.